The number of rotatable bonds is 5. The fraction of sp³-hybridized carbons (Fsp3) is 0.333. The Bertz CT molecular complexity index is 1340. The van der Waals surface area contributed by atoms with E-state index < -0.39 is 17.2 Å². The van der Waals surface area contributed by atoms with Crippen LogP contribution in [0.5, 0.6) is 11.5 Å². The number of benzene rings is 4. The quantitative estimate of drug-likeness (QED) is 0.231. The van der Waals surface area contributed by atoms with Gasteiger partial charge >= 0.3 is 17.2 Å². The summed E-state index contributed by atoms with van der Waals surface area (Å²) < 4.78 is 37.0. The van der Waals surface area contributed by atoms with Crippen molar-refractivity contribution in [2.24, 2.45) is 10.8 Å². The SMILES string of the molecule is CC1(C)COP(Oc2ccc3ccccc3c2-c2c(OP3OCC(C)(C)CO3)ccc3ccccc23)OC1. The first-order valence-corrected chi connectivity index (χ1v) is 15.0. The van der Waals surface area contributed by atoms with Crippen molar-refractivity contribution in [3.05, 3.63) is 72.8 Å². The zero-order valence-electron chi connectivity index (χ0n) is 22.1. The third-order valence-corrected chi connectivity index (χ3v) is 8.67. The van der Waals surface area contributed by atoms with Crippen LogP contribution >= 0.6 is 17.2 Å². The first-order chi connectivity index (χ1) is 18.3. The molecule has 4 aromatic rings. The van der Waals surface area contributed by atoms with Crippen molar-refractivity contribution in [2.45, 2.75) is 27.7 Å². The second kappa shape index (κ2) is 10.4. The van der Waals surface area contributed by atoms with Crippen molar-refractivity contribution in [1.29, 1.82) is 0 Å². The second-order valence-corrected chi connectivity index (χ2v) is 13.7. The van der Waals surface area contributed by atoms with E-state index in [2.05, 4.69) is 64.1 Å². The van der Waals surface area contributed by atoms with E-state index in [9.17, 15) is 0 Å². The predicted octanol–water partition coefficient (Wildman–Crippen LogP) is 9.02. The summed E-state index contributed by atoms with van der Waals surface area (Å²) in [5.74, 6) is 1.38. The van der Waals surface area contributed by atoms with Crippen LogP contribution < -0.4 is 9.05 Å². The average molecular weight is 551 g/mol. The van der Waals surface area contributed by atoms with Crippen molar-refractivity contribution < 1.29 is 27.1 Å². The minimum Gasteiger partial charge on any atom is -0.426 e. The maximum absolute atomic E-state index is 6.47. The normalized spacial score (nSPS) is 20.0. The van der Waals surface area contributed by atoms with Crippen LogP contribution in [0, 0.1) is 10.8 Å². The highest BCUT2D eigenvalue weighted by Crippen LogP contribution is 2.55. The summed E-state index contributed by atoms with van der Waals surface area (Å²) in [5, 5.41) is 4.31. The van der Waals surface area contributed by atoms with Crippen LogP contribution in [0.4, 0.5) is 0 Å². The molecule has 2 fully saturated rings. The van der Waals surface area contributed by atoms with Gasteiger partial charge in [0.25, 0.3) is 0 Å². The summed E-state index contributed by atoms with van der Waals surface area (Å²) in [5.41, 5.74) is 1.78. The summed E-state index contributed by atoms with van der Waals surface area (Å²) >= 11 is 0. The smallest absolute Gasteiger partial charge is 0.397 e. The van der Waals surface area contributed by atoms with Gasteiger partial charge in [-0.3, -0.25) is 0 Å². The van der Waals surface area contributed by atoms with E-state index in [0.717, 1.165) is 32.7 Å². The van der Waals surface area contributed by atoms with E-state index in [1.165, 1.54) is 0 Å². The van der Waals surface area contributed by atoms with Crippen LogP contribution in [0.2, 0.25) is 0 Å². The lowest BCUT2D eigenvalue weighted by Gasteiger charge is -2.33. The zero-order chi connectivity index (χ0) is 26.3. The number of fused-ring (bicyclic) bond motifs is 2. The monoisotopic (exact) mass is 550 g/mol. The molecular formula is C30H32O6P2. The highest BCUT2D eigenvalue weighted by Gasteiger charge is 2.34. The predicted molar refractivity (Wildman–Crippen MR) is 153 cm³/mol. The highest BCUT2D eigenvalue weighted by molar-refractivity contribution is 7.42. The minimum absolute atomic E-state index is 0.0399. The van der Waals surface area contributed by atoms with Gasteiger partial charge in [0.1, 0.15) is 11.5 Å². The number of hydrogen-bond donors (Lipinski definition) is 0. The molecule has 0 radical (unpaired) electrons. The molecule has 0 N–H and O–H groups in total. The fourth-order valence-electron chi connectivity index (χ4n) is 4.50. The van der Waals surface area contributed by atoms with Crippen LogP contribution in [0.1, 0.15) is 27.7 Å². The number of hydrogen-bond acceptors (Lipinski definition) is 6. The molecule has 2 aliphatic heterocycles. The standard InChI is InChI=1S/C30H32O6P2/c1-29(2)17-31-37(32-18-29)35-25-15-13-21-9-5-7-11-23(21)27(25)28-24-12-8-6-10-22(24)14-16-26(28)36-38-33-19-30(3,4)20-34-38/h5-16H,17-20H2,1-4H3. The second-order valence-electron chi connectivity index (χ2n) is 11.4. The molecule has 6 nitrogen and oxygen atoms in total. The molecule has 2 heterocycles. The van der Waals surface area contributed by atoms with Crippen LogP contribution in [-0.2, 0) is 18.1 Å². The summed E-state index contributed by atoms with van der Waals surface area (Å²) in [4.78, 5) is 0. The van der Waals surface area contributed by atoms with E-state index in [1.54, 1.807) is 0 Å². The Morgan fingerprint density at radius 1 is 0.526 bits per heavy atom. The first kappa shape index (κ1) is 26.0. The Morgan fingerprint density at radius 2 is 0.895 bits per heavy atom. The molecule has 38 heavy (non-hydrogen) atoms. The van der Waals surface area contributed by atoms with Gasteiger partial charge in [-0.05, 0) is 33.7 Å². The van der Waals surface area contributed by atoms with Crippen LogP contribution in [0.3, 0.4) is 0 Å². The van der Waals surface area contributed by atoms with Crippen molar-refractivity contribution in [1.82, 2.24) is 0 Å². The summed E-state index contributed by atoms with van der Waals surface area (Å²) in [6.07, 6.45) is 0. The highest BCUT2D eigenvalue weighted by atomic mass is 31.2. The third kappa shape index (κ3) is 5.40. The molecule has 4 aromatic carbocycles. The zero-order valence-corrected chi connectivity index (χ0v) is 23.9. The van der Waals surface area contributed by atoms with Gasteiger partial charge in [-0.15, -0.1) is 0 Å². The lowest BCUT2D eigenvalue weighted by molar-refractivity contribution is 0.0424. The van der Waals surface area contributed by atoms with Gasteiger partial charge in [0.15, 0.2) is 0 Å². The summed E-state index contributed by atoms with van der Waals surface area (Å²) in [6, 6.07) is 24.8. The maximum Gasteiger partial charge on any atom is 0.397 e. The Balaban J connectivity index is 1.48. The van der Waals surface area contributed by atoms with Gasteiger partial charge in [0.2, 0.25) is 0 Å². The summed E-state index contributed by atoms with van der Waals surface area (Å²) in [6.45, 7) is 10.8. The van der Waals surface area contributed by atoms with Gasteiger partial charge in [-0.25, -0.2) is 0 Å². The molecule has 0 amide bonds. The minimum atomic E-state index is -1.53. The van der Waals surface area contributed by atoms with Gasteiger partial charge in [0.05, 0.1) is 26.4 Å². The molecule has 0 saturated carbocycles. The fourth-order valence-corrected chi connectivity index (χ4v) is 7.31. The van der Waals surface area contributed by atoms with Crippen molar-refractivity contribution in [3.8, 4) is 22.6 Å². The molecule has 198 valence electrons. The average Bonchev–Trinajstić information content (AvgIpc) is 2.91. The largest absolute Gasteiger partial charge is 0.426 e. The lowest BCUT2D eigenvalue weighted by Crippen LogP contribution is -2.29. The molecule has 2 saturated heterocycles. The van der Waals surface area contributed by atoms with Crippen LogP contribution in [-0.4, -0.2) is 26.4 Å². The Labute approximate surface area is 226 Å². The van der Waals surface area contributed by atoms with Crippen LogP contribution in [0.25, 0.3) is 32.7 Å². The van der Waals surface area contributed by atoms with Crippen molar-refractivity contribution in [2.75, 3.05) is 26.4 Å². The molecule has 2 aliphatic rings. The van der Waals surface area contributed by atoms with Crippen molar-refractivity contribution >= 4 is 38.7 Å². The maximum atomic E-state index is 6.47. The molecule has 0 spiro atoms. The molecule has 0 aromatic heterocycles. The molecule has 6 rings (SSSR count). The van der Waals surface area contributed by atoms with Gasteiger partial charge in [-0.2, -0.15) is 0 Å². The topological polar surface area (TPSA) is 55.4 Å². The van der Waals surface area contributed by atoms with Gasteiger partial charge in [0, 0.05) is 22.0 Å². The van der Waals surface area contributed by atoms with Crippen molar-refractivity contribution in [3.63, 3.8) is 0 Å². The Hall–Kier alpha value is -2.30. The molecule has 8 heteroatoms. The van der Waals surface area contributed by atoms with Gasteiger partial charge < -0.3 is 27.1 Å². The lowest BCUT2D eigenvalue weighted by atomic mass is 9.92. The van der Waals surface area contributed by atoms with E-state index in [0.29, 0.717) is 37.9 Å². The Morgan fingerprint density at radius 3 is 1.29 bits per heavy atom. The molecular weight excluding hydrogens is 518 g/mol. The molecule has 0 bridgehead atoms. The molecule has 0 unspecified atom stereocenters. The summed E-state index contributed by atoms with van der Waals surface area (Å²) in [7, 11) is -3.07. The molecule has 0 atom stereocenters. The van der Waals surface area contributed by atoms with E-state index >= 15 is 0 Å². The van der Waals surface area contributed by atoms with E-state index in [-0.39, 0.29) is 10.8 Å². The van der Waals surface area contributed by atoms with E-state index in [1.807, 2.05) is 36.4 Å². The van der Waals surface area contributed by atoms with Gasteiger partial charge in [-0.1, -0.05) is 88.4 Å². The Kier molecular flexibility index (Phi) is 7.07. The third-order valence-electron chi connectivity index (χ3n) is 6.62. The van der Waals surface area contributed by atoms with Crippen LogP contribution in [0.15, 0.2) is 72.8 Å². The molecule has 0 aliphatic carbocycles. The first-order valence-electron chi connectivity index (χ1n) is 12.8. The van der Waals surface area contributed by atoms with E-state index in [4.69, 9.17) is 27.1 Å².